The Morgan fingerprint density at radius 2 is 2.00 bits per heavy atom. The van der Waals surface area contributed by atoms with Gasteiger partial charge in [-0.05, 0) is 24.3 Å². The summed E-state index contributed by atoms with van der Waals surface area (Å²) in [6.45, 7) is 0.727. The van der Waals surface area contributed by atoms with Gasteiger partial charge in [-0.1, -0.05) is 18.2 Å². The van der Waals surface area contributed by atoms with E-state index in [1.54, 1.807) is 28.8 Å². The molecule has 1 aliphatic rings. The maximum atomic E-state index is 12.0. The Hall–Kier alpha value is -2.14. The van der Waals surface area contributed by atoms with Crippen LogP contribution >= 0.6 is 11.8 Å². The molecule has 4 nitrogen and oxygen atoms in total. The van der Waals surface area contributed by atoms with E-state index in [0.29, 0.717) is 18.0 Å². The van der Waals surface area contributed by atoms with Crippen LogP contribution in [0.5, 0.6) is 5.75 Å². The Morgan fingerprint density at radius 1 is 1.19 bits per heavy atom. The second-order valence-electron chi connectivity index (χ2n) is 4.72. The Balaban J connectivity index is 1.69. The molecule has 2 aromatic rings. The highest BCUT2D eigenvalue weighted by molar-refractivity contribution is 7.99. The maximum Gasteiger partial charge on any atom is 0.265 e. The van der Waals surface area contributed by atoms with E-state index in [4.69, 9.17) is 10.5 Å². The van der Waals surface area contributed by atoms with Gasteiger partial charge < -0.3 is 15.4 Å². The molecule has 2 N–H and O–H groups in total. The van der Waals surface area contributed by atoms with Gasteiger partial charge in [0.2, 0.25) is 0 Å². The normalized spacial score (nSPS) is 13.7. The molecule has 0 saturated heterocycles. The number of rotatable bonds is 4. The van der Waals surface area contributed by atoms with Crippen molar-refractivity contribution in [2.75, 3.05) is 29.5 Å². The summed E-state index contributed by atoms with van der Waals surface area (Å²) in [5.41, 5.74) is 7.19. The fourth-order valence-corrected chi connectivity index (χ4v) is 3.10. The average molecular weight is 300 g/mol. The van der Waals surface area contributed by atoms with E-state index in [9.17, 15) is 4.79 Å². The summed E-state index contributed by atoms with van der Waals surface area (Å²) in [5.74, 6) is 1.50. The minimum atomic E-state index is -0.0130. The molecule has 0 atom stereocenters. The molecule has 0 fully saturated rings. The van der Waals surface area contributed by atoms with Crippen LogP contribution in [0.2, 0.25) is 0 Å². The first-order chi connectivity index (χ1) is 10.2. The summed E-state index contributed by atoms with van der Waals surface area (Å²) in [6, 6.07) is 15.6. The summed E-state index contributed by atoms with van der Waals surface area (Å²) >= 11 is 1.73. The van der Waals surface area contributed by atoms with Crippen LogP contribution in [0.25, 0.3) is 0 Å². The highest BCUT2D eigenvalue weighted by Crippen LogP contribution is 2.34. The summed E-state index contributed by atoms with van der Waals surface area (Å²) in [5, 5.41) is 0. The average Bonchev–Trinajstić information content (AvgIpc) is 2.50. The molecule has 0 aromatic heterocycles. The molecule has 0 unspecified atom stereocenters. The summed E-state index contributed by atoms with van der Waals surface area (Å²) in [6.07, 6.45) is 0. The molecular weight excluding hydrogens is 284 g/mol. The Bertz CT molecular complexity index is 646. The van der Waals surface area contributed by atoms with Crippen molar-refractivity contribution in [3.8, 4) is 5.75 Å². The fraction of sp³-hybridized carbons (Fsp3) is 0.188. The molecule has 0 spiro atoms. The zero-order valence-electron chi connectivity index (χ0n) is 11.5. The van der Waals surface area contributed by atoms with Gasteiger partial charge in [-0.25, -0.2) is 0 Å². The van der Waals surface area contributed by atoms with E-state index in [2.05, 4.69) is 12.1 Å². The molecule has 0 saturated carbocycles. The lowest BCUT2D eigenvalue weighted by Crippen LogP contribution is -2.40. The van der Waals surface area contributed by atoms with Crippen LogP contribution in [-0.4, -0.2) is 24.8 Å². The number of thioether (sulfide) groups is 1. The fourth-order valence-electron chi connectivity index (χ4n) is 2.24. The van der Waals surface area contributed by atoms with Crippen molar-refractivity contribution in [1.29, 1.82) is 0 Å². The Labute approximate surface area is 127 Å². The topological polar surface area (TPSA) is 55.6 Å². The molecule has 0 bridgehead atoms. The van der Waals surface area contributed by atoms with Gasteiger partial charge in [-0.2, -0.15) is 0 Å². The van der Waals surface area contributed by atoms with Crippen molar-refractivity contribution < 1.29 is 9.53 Å². The molecule has 2 aromatic carbocycles. The van der Waals surface area contributed by atoms with E-state index in [-0.39, 0.29) is 12.5 Å². The van der Waals surface area contributed by atoms with Crippen LogP contribution in [-0.2, 0) is 4.79 Å². The lowest BCUT2D eigenvalue weighted by Gasteiger charge is -2.29. The summed E-state index contributed by atoms with van der Waals surface area (Å²) < 4.78 is 5.43. The van der Waals surface area contributed by atoms with E-state index in [1.165, 1.54) is 4.90 Å². The monoisotopic (exact) mass is 300 g/mol. The van der Waals surface area contributed by atoms with E-state index in [1.807, 2.05) is 24.3 Å². The molecule has 0 aliphatic carbocycles. The highest BCUT2D eigenvalue weighted by atomic mass is 32.2. The van der Waals surface area contributed by atoms with Crippen LogP contribution in [0.4, 0.5) is 11.4 Å². The van der Waals surface area contributed by atoms with Crippen molar-refractivity contribution >= 4 is 29.0 Å². The maximum absolute atomic E-state index is 12.0. The van der Waals surface area contributed by atoms with Crippen LogP contribution < -0.4 is 15.4 Å². The molecule has 1 amide bonds. The first-order valence-corrected chi connectivity index (χ1v) is 7.73. The third-order valence-corrected chi connectivity index (χ3v) is 4.25. The molecule has 108 valence electrons. The molecule has 5 heteroatoms. The van der Waals surface area contributed by atoms with Gasteiger partial charge in [-0.15, -0.1) is 11.8 Å². The summed E-state index contributed by atoms with van der Waals surface area (Å²) in [4.78, 5) is 15.0. The van der Waals surface area contributed by atoms with Gasteiger partial charge in [0, 0.05) is 28.9 Å². The van der Waals surface area contributed by atoms with Crippen LogP contribution in [0.3, 0.4) is 0 Å². The largest absolute Gasteiger partial charge is 0.481 e. The Morgan fingerprint density at radius 3 is 2.81 bits per heavy atom. The number of fused-ring (bicyclic) bond motifs is 1. The molecule has 1 aliphatic heterocycles. The smallest absolute Gasteiger partial charge is 0.265 e. The van der Waals surface area contributed by atoms with Gasteiger partial charge >= 0.3 is 0 Å². The number of hydrogen-bond donors (Lipinski definition) is 1. The van der Waals surface area contributed by atoms with Gasteiger partial charge in [0.1, 0.15) is 5.75 Å². The van der Waals surface area contributed by atoms with Crippen LogP contribution in [0.15, 0.2) is 53.4 Å². The van der Waals surface area contributed by atoms with Gasteiger partial charge in [0.05, 0.1) is 5.69 Å². The molecule has 0 radical (unpaired) electrons. The SMILES string of the molecule is Nc1ccc2c(c1)OCC(=O)N2CCSc1ccccc1. The lowest BCUT2D eigenvalue weighted by molar-refractivity contribution is -0.121. The Kier molecular flexibility index (Phi) is 4.01. The van der Waals surface area contributed by atoms with Crippen LogP contribution in [0, 0.1) is 0 Å². The van der Waals surface area contributed by atoms with Gasteiger partial charge in [0.25, 0.3) is 5.91 Å². The first-order valence-electron chi connectivity index (χ1n) is 6.74. The highest BCUT2D eigenvalue weighted by Gasteiger charge is 2.25. The number of ether oxygens (including phenoxy) is 1. The molecule has 1 heterocycles. The van der Waals surface area contributed by atoms with Crippen molar-refractivity contribution in [1.82, 2.24) is 0 Å². The third kappa shape index (κ3) is 3.13. The number of nitrogens with two attached hydrogens (primary N) is 1. The van der Waals surface area contributed by atoms with Crippen molar-refractivity contribution in [2.45, 2.75) is 4.90 Å². The predicted octanol–water partition coefficient (Wildman–Crippen LogP) is 2.79. The number of anilines is 2. The van der Waals surface area contributed by atoms with Crippen LogP contribution in [0.1, 0.15) is 0 Å². The standard InChI is InChI=1S/C16H16N2O2S/c17-12-6-7-14-15(10-12)20-11-16(19)18(14)8-9-21-13-4-2-1-3-5-13/h1-7,10H,8-9,11,17H2. The van der Waals surface area contributed by atoms with Crippen molar-refractivity contribution in [2.24, 2.45) is 0 Å². The molecule has 21 heavy (non-hydrogen) atoms. The minimum Gasteiger partial charge on any atom is -0.481 e. The number of amides is 1. The van der Waals surface area contributed by atoms with E-state index < -0.39 is 0 Å². The third-order valence-electron chi connectivity index (χ3n) is 3.25. The van der Waals surface area contributed by atoms with Gasteiger partial charge in [0.15, 0.2) is 6.61 Å². The predicted molar refractivity (Wildman–Crippen MR) is 85.9 cm³/mol. The summed E-state index contributed by atoms with van der Waals surface area (Å²) in [7, 11) is 0. The molecular formula is C16H16N2O2S. The number of nitrogen functional groups attached to an aromatic ring is 1. The van der Waals surface area contributed by atoms with Crippen molar-refractivity contribution in [3.05, 3.63) is 48.5 Å². The number of nitrogens with zero attached hydrogens (tertiary/aromatic N) is 1. The lowest BCUT2D eigenvalue weighted by atomic mass is 10.2. The van der Waals surface area contributed by atoms with Crippen molar-refractivity contribution in [3.63, 3.8) is 0 Å². The second-order valence-corrected chi connectivity index (χ2v) is 5.89. The first kappa shape index (κ1) is 13.8. The number of carbonyl (C=O) groups excluding carboxylic acids is 1. The van der Waals surface area contributed by atoms with Gasteiger partial charge in [-0.3, -0.25) is 4.79 Å². The number of carbonyl (C=O) groups is 1. The number of hydrogen-bond acceptors (Lipinski definition) is 4. The zero-order valence-corrected chi connectivity index (χ0v) is 12.3. The van der Waals surface area contributed by atoms with E-state index >= 15 is 0 Å². The zero-order chi connectivity index (χ0) is 14.7. The molecule has 3 rings (SSSR count). The van der Waals surface area contributed by atoms with E-state index in [0.717, 1.165) is 11.4 Å². The quantitative estimate of drug-likeness (QED) is 0.697. The second kappa shape index (κ2) is 6.10. The number of benzene rings is 2. The minimum absolute atomic E-state index is 0.0130.